The Morgan fingerprint density at radius 1 is 1.05 bits per heavy atom. The number of nitrogens with zero attached hydrogens (tertiary/aromatic N) is 3. The Labute approximate surface area is 238 Å². The van der Waals surface area contributed by atoms with Gasteiger partial charge in [-0.2, -0.15) is 9.97 Å². The summed E-state index contributed by atoms with van der Waals surface area (Å²) in [4.78, 5) is 11.9. The van der Waals surface area contributed by atoms with Crippen LogP contribution in [0.15, 0.2) is 42.5 Å². The van der Waals surface area contributed by atoms with Crippen LogP contribution in [0.3, 0.4) is 0 Å². The van der Waals surface area contributed by atoms with E-state index in [0.29, 0.717) is 35.7 Å². The molecule has 8 heteroatoms. The predicted molar refractivity (Wildman–Crippen MR) is 157 cm³/mol. The van der Waals surface area contributed by atoms with Crippen molar-refractivity contribution in [1.29, 1.82) is 0 Å². The summed E-state index contributed by atoms with van der Waals surface area (Å²) in [5, 5.41) is 16.8. The fourth-order valence-electron chi connectivity index (χ4n) is 7.11. The number of fused-ring (bicyclic) bond motifs is 4. The number of phenols is 1. The van der Waals surface area contributed by atoms with Crippen LogP contribution >= 0.6 is 11.6 Å². The average Bonchev–Trinajstić information content (AvgIpc) is 3.50. The van der Waals surface area contributed by atoms with E-state index < -0.39 is 5.82 Å². The van der Waals surface area contributed by atoms with Crippen molar-refractivity contribution in [2.24, 2.45) is 0 Å². The van der Waals surface area contributed by atoms with Crippen LogP contribution in [-0.4, -0.2) is 58.3 Å². The molecule has 0 spiro atoms. The number of halogens is 2. The molecule has 3 unspecified atom stereocenters. The van der Waals surface area contributed by atoms with Crippen molar-refractivity contribution in [3.8, 4) is 22.9 Å². The van der Waals surface area contributed by atoms with E-state index in [1.165, 1.54) is 6.42 Å². The Kier molecular flexibility index (Phi) is 6.77. The zero-order valence-electron chi connectivity index (χ0n) is 22.7. The maximum atomic E-state index is 16.7. The van der Waals surface area contributed by atoms with E-state index in [-0.39, 0.29) is 33.8 Å². The number of aromatic nitrogens is 2. The van der Waals surface area contributed by atoms with E-state index in [0.717, 1.165) is 61.5 Å². The van der Waals surface area contributed by atoms with Gasteiger partial charge in [0.15, 0.2) is 5.82 Å². The van der Waals surface area contributed by atoms with E-state index in [1.807, 2.05) is 30.3 Å². The highest BCUT2D eigenvalue weighted by molar-refractivity contribution is 6.34. The van der Waals surface area contributed by atoms with Crippen molar-refractivity contribution < 1.29 is 14.2 Å². The van der Waals surface area contributed by atoms with E-state index in [4.69, 9.17) is 21.3 Å². The summed E-state index contributed by atoms with van der Waals surface area (Å²) in [6.07, 6.45) is 7.57. The van der Waals surface area contributed by atoms with Gasteiger partial charge in [-0.15, -0.1) is 0 Å². The molecule has 208 valence electrons. The maximum absolute atomic E-state index is 16.7. The number of aromatic hydroxyl groups is 1. The third-order valence-corrected chi connectivity index (χ3v) is 9.54. The molecule has 2 N–H and O–H groups in total. The topological polar surface area (TPSA) is 70.5 Å². The van der Waals surface area contributed by atoms with Gasteiger partial charge in [0.1, 0.15) is 17.9 Å². The zero-order valence-corrected chi connectivity index (χ0v) is 23.4. The molecule has 3 saturated heterocycles. The normalized spacial score (nSPS) is 25.1. The van der Waals surface area contributed by atoms with Crippen LogP contribution in [-0.2, 0) is 0 Å². The van der Waals surface area contributed by atoms with Crippen molar-refractivity contribution in [2.45, 2.75) is 69.0 Å². The third-order valence-electron chi connectivity index (χ3n) is 9.24. The Bertz CT molecular complexity index is 1600. The molecule has 3 aliphatic rings. The summed E-state index contributed by atoms with van der Waals surface area (Å²) in [5.74, 6) is -0.302. The van der Waals surface area contributed by atoms with Crippen LogP contribution < -0.4 is 10.1 Å². The van der Waals surface area contributed by atoms with Gasteiger partial charge in [0.2, 0.25) is 0 Å². The first-order valence-electron chi connectivity index (χ1n) is 14.5. The molecule has 0 amide bonds. The highest BCUT2D eigenvalue weighted by Crippen LogP contribution is 2.44. The van der Waals surface area contributed by atoms with Gasteiger partial charge >= 0.3 is 6.01 Å². The smallest absolute Gasteiger partial charge is 0.317 e. The van der Waals surface area contributed by atoms with Gasteiger partial charge in [-0.1, -0.05) is 35.9 Å². The number of phenolic OH excluding ortho intramolecular Hbond substituents is 1. The second-order valence-corrected chi connectivity index (χ2v) is 12.2. The Hall–Kier alpha value is -3.00. The number of hydrogen-bond donors (Lipinski definition) is 2. The Morgan fingerprint density at radius 3 is 2.73 bits per heavy atom. The molecule has 7 rings (SSSR count). The first-order chi connectivity index (χ1) is 19.4. The number of ether oxygens (including phenoxy) is 1. The fourth-order valence-corrected chi connectivity index (χ4v) is 7.40. The molecule has 3 fully saturated rings. The summed E-state index contributed by atoms with van der Waals surface area (Å²) < 4.78 is 22.9. The third kappa shape index (κ3) is 4.68. The molecule has 0 aliphatic carbocycles. The fraction of sp³-hybridized carbons (Fsp3) is 0.438. The lowest BCUT2D eigenvalue weighted by Crippen LogP contribution is -2.31. The lowest BCUT2D eigenvalue weighted by Gasteiger charge is -2.23. The molecule has 6 nitrogen and oxygen atoms in total. The molecule has 2 bridgehead atoms. The number of benzene rings is 3. The second-order valence-electron chi connectivity index (χ2n) is 11.8. The SMILES string of the molecule is CN1CCC[C@H]1COc1nc(C2CCC3CCC(C2)N3)c2cc(Cl)c(-c3cc(O)cc4ccccc34)c(F)c2n1. The zero-order chi connectivity index (χ0) is 27.4. The second kappa shape index (κ2) is 10.4. The quantitative estimate of drug-likeness (QED) is 0.279. The number of rotatable bonds is 5. The Morgan fingerprint density at radius 2 is 1.88 bits per heavy atom. The number of likely N-dealkylation sites (N-methyl/N-ethyl adjacent to an activating group) is 1. The lowest BCUT2D eigenvalue weighted by atomic mass is 9.86. The van der Waals surface area contributed by atoms with Crippen LogP contribution in [0.4, 0.5) is 4.39 Å². The maximum Gasteiger partial charge on any atom is 0.317 e. The minimum absolute atomic E-state index is 0.0540. The first kappa shape index (κ1) is 25.9. The molecule has 4 aromatic rings. The number of likely N-dealkylation sites (tertiary alicyclic amines) is 1. The van der Waals surface area contributed by atoms with Gasteiger partial charge in [-0.3, -0.25) is 0 Å². The van der Waals surface area contributed by atoms with Crippen LogP contribution in [0.5, 0.6) is 11.8 Å². The molecule has 40 heavy (non-hydrogen) atoms. The molecule has 0 saturated carbocycles. The van der Waals surface area contributed by atoms with Gasteiger partial charge in [0.05, 0.1) is 10.7 Å². The molecule has 4 heterocycles. The summed E-state index contributed by atoms with van der Waals surface area (Å²) in [6, 6.07) is 14.2. The van der Waals surface area contributed by atoms with Crippen LogP contribution in [0.1, 0.15) is 56.6 Å². The first-order valence-corrected chi connectivity index (χ1v) is 14.8. The summed E-state index contributed by atoms with van der Waals surface area (Å²) in [6.45, 7) is 1.52. The average molecular weight is 561 g/mol. The molecular formula is C32H34ClFN4O2. The number of nitrogens with one attached hydrogen (secondary N) is 1. The number of hydrogen-bond acceptors (Lipinski definition) is 6. The molecule has 0 radical (unpaired) electrons. The van der Waals surface area contributed by atoms with Crippen molar-refractivity contribution >= 4 is 33.3 Å². The van der Waals surface area contributed by atoms with Gasteiger partial charge in [-0.25, -0.2) is 4.39 Å². The van der Waals surface area contributed by atoms with E-state index in [9.17, 15) is 5.11 Å². The lowest BCUT2D eigenvalue weighted by molar-refractivity contribution is 0.187. The largest absolute Gasteiger partial charge is 0.508 e. The molecule has 1 aromatic heterocycles. The molecular weight excluding hydrogens is 527 g/mol. The van der Waals surface area contributed by atoms with Crippen molar-refractivity contribution in [3.63, 3.8) is 0 Å². The minimum Gasteiger partial charge on any atom is -0.508 e. The van der Waals surface area contributed by atoms with Gasteiger partial charge < -0.3 is 20.1 Å². The van der Waals surface area contributed by atoms with Crippen molar-refractivity contribution in [3.05, 3.63) is 59.0 Å². The van der Waals surface area contributed by atoms with Crippen molar-refractivity contribution in [2.75, 3.05) is 20.2 Å². The van der Waals surface area contributed by atoms with E-state index >= 15 is 4.39 Å². The molecule has 4 atom stereocenters. The van der Waals surface area contributed by atoms with Crippen LogP contribution in [0.2, 0.25) is 5.02 Å². The molecule has 3 aliphatic heterocycles. The van der Waals surface area contributed by atoms with Crippen LogP contribution in [0.25, 0.3) is 32.8 Å². The standard InChI is InChI=1S/C32H34ClFN4O2/c1-38-12-4-6-22(38)17-40-32-36-30(19-8-9-20-10-11-21(13-19)35-20)26-16-27(33)28(29(34)31(26)37-32)25-15-23(39)14-18-5-2-3-7-24(18)25/h2-3,5,7,14-16,19-22,35,39H,4,6,8-13,17H2,1H3/t19?,20?,21?,22-/m0/s1. The summed E-state index contributed by atoms with van der Waals surface area (Å²) in [5.41, 5.74) is 1.80. The van der Waals surface area contributed by atoms with E-state index in [2.05, 4.69) is 22.2 Å². The highest BCUT2D eigenvalue weighted by Gasteiger charge is 2.34. The Balaban J connectivity index is 1.38. The van der Waals surface area contributed by atoms with Gasteiger partial charge in [-0.05, 0) is 93.1 Å². The highest BCUT2D eigenvalue weighted by atomic mass is 35.5. The minimum atomic E-state index is -0.516. The summed E-state index contributed by atoms with van der Waals surface area (Å²) >= 11 is 6.88. The van der Waals surface area contributed by atoms with Gasteiger partial charge in [0, 0.05) is 35.0 Å². The van der Waals surface area contributed by atoms with Crippen LogP contribution in [0, 0.1) is 5.82 Å². The van der Waals surface area contributed by atoms with Crippen molar-refractivity contribution in [1.82, 2.24) is 20.2 Å². The van der Waals surface area contributed by atoms with E-state index in [1.54, 1.807) is 12.1 Å². The van der Waals surface area contributed by atoms with Gasteiger partial charge in [0.25, 0.3) is 0 Å². The monoisotopic (exact) mass is 560 g/mol. The predicted octanol–water partition coefficient (Wildman–Crippen LogP) is 6.81. The molecule has 3 aromatic carbocycles. The summed E-state index contributed by atoms with van der Waals surface area (Å²) in [7, 11) is 2.11.